The van der Waals surface area contributed by atoms with E-state index in [1.54, 1.807) is 0 Å². The molecule has 8 heteroatoms. The van der Waals surface area contributed by atoms with Crippen LogP contribution in [-0.2, 0) is 4.74 Å². The van der Waals surface area contributed by atoms with Gasteiger partial charge in [0.05, 0.1) is 19.4 Å². The lowest BCUT2D eigenvalue weighted by molar-refractivity contribution is 0.0596. The van der Waals surface area contributed by atoms with Crippen molar-refractivity contribution in [1.82, 2.24) is 19.8 Å². The molecular weight excluding hydrogens is 336 g/mol. The van der Waals surface area contributed by atoms with Gasteiger partial charge in [0.15, 0.2) is 11.2 Å². The topological polar surface area (TPSA) is 98.8 Å². The van der Waals surface area contributed by atoms with E-state index >= 15 is 0 Å². The maximum atomic E-state index is 12.2. The molecule has 2 bridgehead atoms. The molecule has 0 saturated heterocycles. The Hall–Kier alpha value is -3.26. The zero-order valence-electron chi connectivity index (χ0n) is 14.0. The molecule has 2 aliphatic rings. The van der Waals surface area contributed by atoms with Gasteiger partial charge in [0.2, 0.25) is 0 Å². The molecule has 0 aromatic carbocycles. The van der Waals surface area contributed by atoms with Gasteiger partial charge >= 0.3 is 5.97 Å². The summed E-state index contributed by atoms with van der Waals surface area (Å²) < 4.78 is 11.8. The van der Waals surface area contributed by atoms with Crippen LogP contribution in [-0.4, -0.2) is 51.2 Å². The Morgan fingerprint density at radius 1 is 1.27 bits per heavy atom. The molecule has 0 atom stereocenters. The first-order valence-electron chi connectivity index (χ1n) is 8.09. The van der Waals surface area contributed by atoms with Crippen LogP contribution in [0.3, 0.4) is 0 Å². The number of rotatable bonds is 4. The van der Waals surface area contributed by atoms with Crippen molar-refractivity contribution >= 4 is 23.3 Å². The van der Waals surface area contributed by atoms with Gasteiger partial charge in [0.25, 0.3) is 5.88 Å². The van der Waals surface area contributed by atoms with Gasteiger partial charge in [-0.15, -0.1) is 15.3 Å². The van der Waals surface area contributed by atoms with Crippen LogP contribution in [0.4, 0.5) is 0 Å². The van der Waals surface area contributed by atoms with Crippen LogP contribution < -0.4 is 4.74 Å². The molecule has 0 amide bonds. The van der Waals surface area contributed by atoms with Gasteiger partial charge in [-0.2, -0.15) is 0 Å². The molecule has 2 heterocycles. The monoisotopic (exact) mass is 352 g/mol. The van der Waals surface area contributed by atoms with Gasteiger partial charge in [-0.05, 0) is 23.6 Å². The molecule has 0 saturated carbocycles. The van der Waals surface area contributed by atoms with Crippen LogP contribution in [0, 0.1) is 0 Å². The van der Waals surface area contributed by atoms with Crippen molar-refractivity contribution in [3.05, 3.63) is 52.9 Å². The quantitative estimate of drug-likeness (QED) is 0.834. The van der Waals surface area contributed by atoms with E-state index in [-0.39, 0.29) is 30.3 Å². The molecule has 0 radical (unpaired) electrons. The van der Waals surface area contributed by atoms with Gasteiger partial charge in [0.1, 0.15) is 12.3 Å². The Labute approximate surface area is 148 Å². The van der Waals surface area contributed by atoms with E-state index in [0.717, 1.165) is 17.6 Å². The number of hydrogen-bond donors (Lipinski definition) is 1. The Kier molecular flexibility index (Phi) is 4.10. The number of methoxy groups -OCH3 is 1. The van der Waals surface area contributed by atoms with E-state index in [9.17, 15) is 4.79 Å². The second-order valence-electron chi connectivity index (χ2n) is 5.74. The molecule has 2 aromatic rings. The van der Waals surface area contributed by atoms with E-state index in [2.05, 4.69) is 15.3 Å². The number of ether oxygens (including phenoxy) is 2. The van der Waals surface area contributed by atoms with Gasteiger partial charge in [0, 0.05) is 0 Å². The maximum Gasteiger partial charge on any atom is 0.347 e. The van der Waals surface area contributed by atoms with Gasteiger partial charge < -0.3 is 14.6 Å². The van der Waals surface area contributed by atoms with Crippen molar-refractivity contribution < 1.29 is 19.4 Å². The number of allylic oxidation sites excluding steroid dienone is 7. The molecule has 132 valence electrons. The summed E-state index contributed by atoms with van der Waals surface area (Å²) in [6.07, 6.45) is 12.6. The highest BCUT2D eigenvalue weighted by Gasteiger charge is 2.27. The number of aromatic nitrogens is 4. The zero-order chi connectivity index (χ0) is 18.1. The van der Waals surface area contributed by atoms with Crippen molar-refractivity contribution in [1.29, 1.82) is 0 Å². The number of esters is 1. The van der Waals surface area contributed by atoms with Crippen molar-refractivity contribution in [3.8, 4) is 5.88 Å². The predicted molar refractivity (Wildman–Crippen MR) is 93.6 cm³/mol. The summed E-state index contributed by atoms with van der Waals surface area (Å²) in [5, 5.41) is 21.9. The fourth-order valence-electron chi connectivity index (χ4n) is 2.95. The Morgan fingerprint density at radius 3 is 2.92 bits per heavy atom. The van der Waals surface area contributed by atoms with E-state index in [0.29, 0.717) is 11.4 Å². The Bertz CT molecular complexity index is 1010. The third kappa shape index (κ3) is 2.60. The summed E-state index contributed by atoms with van der Waals surface area (Å²) in [4.78, 5) is 12.2. The predicted octanol–water partition coefficient (Wildman–Crippen LogP) is 1.58. The molecule has 2 aliphatic carbocycles. The number of fused-ring (bicyclic) bond motifs is 6. The minimum Gasteiger partial charge on any atom is -0.473 e. The van der Waals surface area contributed by atoms with E-state index in [1.807, 2.05) is 36.5 Å². The maximum absolute atomic E-state index is 12.2. The van der Waals surface area contributed by atoms with Crippen LogP contribution >= 0.6 is 0 Å². The average molecular weight is 352 g/mol. The normalized spacial score (nSPS) is 15.0. The first kappa shape index (κ1) is 16.2. The van der Waals surface area contributed by atoms with Crippen LogP contribution in [0.5, 0.6) is 5.88 Å². The van der Waals surface area contributed by atoms with E-state index < -0.39 is 5.97 Å². The number of carbonyl (C=O) groups is 1. The summed E-state index contributed by atoms with van der Waals surface area (Å²) >= 11 is 0. The highest BCUT2D eigenvalue weighted by atomic mass is 16.5. The summed E-state index contributed by atoms with van der Waals surface area (Å²) in [6, 6.07) is 0. The van der Waals surface area contributed by atoms with Crippen molar-refractivity contribution in [3.63, 3.8) is 0 Å². The van der Waals surface area contributed by atoms with E-state index in [1.165, 1.54) is 11.6 Å². The fourth-order valence-corrected chi connectivity index (χ4v) is 2.95. The second-order valence-corrected chi connectivity index (χ2v) is 5.74. The number of nitrogens with zero attached hydrogens (tertiary/aromatic N) is 4. The number of carbonyl (C=O) groups excluding carboxylic acids is 1. The van der Waals surface area contributed by atoms with Gasteiger partial charge in [-0.1, -0.05) is 30.4 Å². The van der Waals surface area contributed by atoms with Crippen LogP contribution in [0.25, 0.3) is 17.3 Å². The molecule has 0 spiro atoms. The molecule has 1 N–H and O–H groups in total. The number of aliphatic hydroxyl groups excluding tert-OH is 1. The summed E-state index contributed by atoms with van der Waals surface area (Å²) in [5.74, 6) is -0.570. The second kappa shape index (κ2) is 6.57. The van der Waals surface area contributed by atoms with Crippen molar-refractivity contribution in [2.24, 2.45) is 0 Å². The number of aliphatic hydroxyl groups is 1. The third-order valence-corrected chi connectivity index (χ3v) is 4.14. The standard InChI is InChI=1S/C18H16N4O4/c1-25-18(24)14-16-20-19-15-12-5-3-2-4-11(10-12)6-7-13(15)22(16)21-17(14)26-9-8-23/h2-7,23H,8-10H2,1H3. The average Bonchev–Trinajstić information content (AvgIpc) is 2.80. The van der Waals surface area contributed by atoms with Crippen molar-refractivity contribution in [2.45, 2.75) is 6.42 Å². The lowest BCUT2D eigenvalue weighted by Gasteiger charge is -2.07. The minimum absolute atomic E-state index is 0.00215. The first-order valence-corrected chi connectivity index (χ1v) is 8.09. The first-order chi connectivity index (χ1) is 12.7. The molecular formula is C18H16N4O4. The SMILES string of the molecule is COC(=O)c1c(OCCO)nn2c3c(nnc12)C1=CC=CC=C(C=C3)C1. The Balaban J connectivity index is 1.97. The molecule has 0 aliphatic heterocycles. The highest BCUT2D eigenvalue weighted by molar-refractivity contribution is 5.98. The van der Waals surface area contributed by atoms with Gasteiger partial charge in [-0.3, -0.25) is 0 Å². The largest absolute Gasteiger partial charge is 0.473 e. The zero-order valence-corrected chi connectivity index (χ0v) is 14.0. The molecule has 26 heavy (non-hydrogen) atoms. The third-order valence-electron chi connectivity index (χ3n) is 4.14. The smallest absolute Gasteiger partial charge is 0.347 e. The molecule has 2 aromatic heterocycles. The summed E-state index contributed by atoms with van der Waals surface area (Å²) in [5.41, 5.74) is 3.86. The van der Waals surface area contributed by atoms with Crippen LogP contribution in [0.15, 0.2) is 36.0 Å². The minimum atomic E-state index is -0.625. The number of hydrogen-bond acceptors (Lipinski definition) is 7. The van der Waals surface area contributed by atoms with E-state index in [4.69, 9.17) is 14.6 Å². The molecule has 0 unspecified atom stereocenters. The lowest BCUT2D eigenvalue weighted by Crippen LogP contribution is -2.08. The summed E-state index contributed by atoms with van der Waals surface area (Å²) in [6.45, 7) is -0.201. The highest BCUT2D eigenvalue weighted by Crippen LogP contribution is 2.32. The molecule has 8 nitrogen and oxygen atoms in total. The van der Waals surface area contributed by atoms with Crippen LogP contribution in [0.1, 0.15) is 28.2 Å². The summed E-state index contributed by atoms with van der Waals surface area (Å²) in [7, 11) is 1.27. The molecule has 4 rings (SSSR count). The molecule has 0 fully saturated rings. The fraction of sp³-hybridized carbons (Fsp3) is 0.222. The van der Waals surface area contributed by atoms with Crippen molar-refractivity contribution in [2.75, 3.05) is 20.3 Å². The van der Waals surface area contributed by atoms with Gasteiger partial charge in [-0.25, -0.2) is 9.31 Å². The van der Waals surface area contributed by atoms with Crippen LogP contribution in [0.2, 0.25) is 0 Å². The Morgan fingerprint density at radius 2 is 2.12 bits per heavy atom. The lowest BCUT2D eigenvalue weighted by atomic mass is 10.1.